The molecule has 0 aromatic heterocycles. The molecule has 1 atom stereocenters. The molecule has 110 valence electrons. The van der Waals surface area contributed by atoms with Crippen LogP contribution in [0.1, 0.15) is 37.8 Å². The summed E-state index contributed by atoms with van der Waals surface area (Å²) in [6.07, 6.45) is 2.16. The molecule has 1 aliphatic heterocycles. The largest absolute Gasteiger partial charge is 0.490 e. The summed E-state index contributed by atoms with van der Waals surface area (Å²) in [7, 11) is 0. The zero-order valence-corrected chi connectivity index (χ0v) is 11.9. The van der Waals surface area contributed by atoms with Gasteiger partial charge in [-0.2, -0.15) is 0 Å². The van der Waals surface area contributed by atoms with Crippen molar-refractivity contribution in [3.63, 3.8) is 0 Å². The van der Waals surface area contributed by atoms with Gasteiger partial charge in [-0.25, -0.2) is 0 Å². The first kappa shape index (κ1) is 14.7. The van der Waals surface area contributed by atoms with Crippen molar-refractivity contribution in [1.82, 2.24) is 5.32 Å². The molecule has 2 rings (SSSR count). The smallest absolute Gasteiger partial charge is 0.219 e. The first-order valence-corrected chi connectivity index (χ1v) is 7.12. The summed E-state index contributed by atoms with van der Waals surface area (Å²) < 4.78 is 11.3. The van der Waals surface area contributed by atoms with Crippen LogP contribution in [0.3, 0.4) is 0 Å². The molecule has 20 heavy (non-hydrogen) atoms. The van der Waals surface area contributed by atoms with Crippen molar-refractivity contribution in [3.8, 4) is 11.5 Å². The molecule has 5 heteroatoms. The Morgan fingerprint density at radius 1 is 1.35 bits per heavy atom. The van der Waals surface area contributed by atoms with Crippen molar-refractivity contribution >= 4 is 5.91 Å². The Morgan fingerprint density at radius 2 is 2.10 bits per heavy atom. The molecule has 0 spiro atoms. The first-order valence-electron chi connectivity index (χ1n) is 7.12. The van der Waals surface area contributed by atoms with Crippen LogP contribution in [-0.2, 0) is 4.79 Å². The molecule has 0 fully saturated rings. The zero-order chi connectivity index (χ0) is 14.4. The van der Waals surface area contributed by atoms with Crippen molar-refractivity contribution < 1.29 is 14.3 Å². The van der Waals surface area contributed by atoms with Gasteiger partial charge in [0.05, 0.1) is 13.2 Å². The highest BCUT2D eigenvalue weighted by atomic mass is 16.5. The monoisotopic (exact) mass is 278 g/mol. The number of benzene rings is 1. The summed E-state index contributed by atoms with van der Waals surface area (Å²) in [5.41, 5.74) is 6.33. The fraction of sp³-hybridized carbons (Fsp3) is 0.533. The normalized spacial score (nSPS) is 15.4. The number of hydrogen-bond donors (Lipinski definition) is 2. The molecule has 0 saturated heterocycles. The van der Waals surface area contributed by atoms with Crippen LogP contribution in [0, 0.1) is 0 Å². The zero-order valence-electron chi connectivity index (χ0n) is 11.9. The van der Waals surface area contributed by atoms with Crippen molar-refractivity contribution in [1.29, 1.82) is 0 Å². The summed E-state index contributed by atoms with van der Waals surface area (Å²) in [5, 5.41) is 3.34. The van der Waals surface area contributed by atoms with Crippen LogP contribution in [0.2, 0.25) is 0 Å². The van der Waals surface area contributed by atoms with Gasteiger partial charge < -0.3 is 20.5 Å². The number of fused-ring (bicyclic) bond motifs is 1. The number of carbonyl (C=O) groups excluding carboxylic acids is 1. The van der Waals surface area contributed by atoms with Crippen LogP contribution in [0.5, 0.6) is 11.5 Å². The molecule has 1 aromatic rings. The number of amides is 1. The molecule has 1 unspecified atom stereocenters. The Labute approximate surface area is 119 Å². The highest BCUT2D eigenvalue weighted by Crippen LogP contribution is 2.33. The van der Waals surface area contributed by atoms with Gasteiger partial charge >= 0.3 is 0 Å². The molecule has 0 radical (unpaired) electrons. The Balaban J connectivity index is 2.19. The van der Waals surface area contributed by atoms with Crippen molar-refractivity contribution in [2.45, 2.75) is 32.2 Å². The minimum atomic E-state index is -0.314. The lowest BCUT2D eigenvalue weighted by molar-refractivity contribution is -0.118. The van der Waals surface area contributed by atoms with Crippen LogP contribution in [-0.4, -0.2) is 25.7 Å². The topological polar surface area (TPSA) is 73.6 Å². The van der Waals surface area contributed by atoms with Crippen LogP contribution < -0.4 is 20.5 Å². The van der Waals surface area contributed by atoms with E-state index in [0.29, 0.717) is 13.2 Å². The van der Waals surface area contributed by atoms with Gasteiger partial charge in [-0.15, -0.1) is 0 Å². The molecular weight excluding hydrogens is 256 g/mol. The molecule has 1 amide bonds. The van der Waals surface area contributed by atoms with Gasteiger partial charge in [-0.05, 0) is 30.7 Å². The number of nitrogens with one attached hydrogen (secondary N) is 1. The van der Waals surface area contributed by atoms with E-state index in [9.17, 15) is 4.79 Å². The molecule has 0 bridgehead atoms. The van der Waals surface area contributed by atoms with Gasteiger partial charge in [0.1, 0.15) is 0 Å². The lowest BCUT2D eigenvalue weighted by atomic mass is 10.0. The van der Waals surface area contributed by atoms with E-state index in [4.69, 9.17) is 15.2 Å². The molecule has 1 heterocycles. The average Bonchev–Trinajstić information content (AvgIpc) is 2.67. The van der Waals surface area contributed by atoms with Gasteiger partial charge in [-0.1, -0.05) is 13.0 Å². The third-order valence-corrected chi connectivity index (χ3v) is 3.22. The second kappa shape index (κ2) is 7.14. The van der Waals surface area contributed by atoms with E-state index in [1.807, 2.05) is 18.2 Å². The number of ether oxygens (including phenoxy) is 2. The van der Waals surface area contributed by atoms with Gasteiger partial charge in [0.15, 0.2) is 11.5 Å². The Kier molecular flexibility index (Phi) is 5.24. The summed E-state index contributed by atoms with van der Waals surface area (Å²) in [4.78, 5) is 11.2. The van der Waals surface area contributed by atoms with E-state index in [1.54, 1.807) is 0 Å². The average molecular weight is 278 g/mol. The van der Waals surface area contributed by atoms with E-state index in [0.717, 1.165) is 36.4 Å². The van der Waals surface area contributed by atoms with Crippen LogP contribution in [0.4, 0.5) is 0 Å². The highest BCUT2D eigenvalue weighted by Gasteiger charge is 2.17. The number of rotatable bonds is 6. The first-order chi connectivity index (χ1) is 9.70. The fourth-order valence-corrected chi connectivity index (χ4v) is 2.22. The summed E-state index contributed by atoms with van der Waals surface area (Å²) in [6, 6.07) is 5.72. The van der Waals surface area contributed by atoms with E-state index >= 15 is 0 Å². The van der Waals surface area contributed by atoms with E-state index in [1.165, 1.54) is 0 Å². The van der Waals surface area contributed by atoms with Crippen LogP contribution in [0.15, 0.2) is 18.2 Å². The summed E-state index contributed by atoms with van der Waals surface area (Å²) in [5.74, 6) is 1.19. The van der Waals surface area contributed by atoms with Crippen molar-refractivity contribution in [3.05, 3.63) is 23.8 Å². The van der Waals surface area contributed by atoms with Gasteiger partial charge in [0, 0.05) is 18.9 Å². The predicted octanol–water partition coefficient (Wildman–Crippen LogP) is 1.76. The fourth-order valence-electron chi connectivity index (χ4n) is 2.22. The van der Waals surface area contributed by atoms with Crippen molar-refractivity contribution in [2.24, 2.45) is 5.73 Å². The maximum absolute atomic E-state index is 11.2. The van der Waals surface area contributed by atoms with Crippen LogP contribution >= 0.6 is 0 Å². The number of nitrogens with two attached hydrogens (primary N) is 1. The maximum Gasteiger partial charge on any atom is 0.219 e. The standard InChI is InChI=1S/C15H22N2O3/c1-2-6-17-12(10-15(16)18)11-4-5-13-14(9-11)20-8-3-7-19-13/h4-5,9,12,17H,2-3,6-8,10H2,1H3,(H2,16,18). The molecule has 0 aliphatic carbocycles. The molecule has 1 aromatic carbocycles. The predicted molar refractivity (Wildman–Crippen MR) is 76.9 cm³/mol. The SMILES string of the molecule is CCCNC(CC(N)=O)c1ccc2c(c1)OCCCO2. The lowest BCUT2D eigenvalue weighted by Crippen LogP contribution is -2.27. The third kappa shape index (κ3) is 3.87. The van der Waals surface area contributed by atoms with Crippen LogP contribution in [0.25, 0.3) is 0 Å². The van der Waals surface area contributed by atoms with Gasteiger partial charge in [-0.3, -0.25) is 4.79 Å². The Hall–Kier alpha value is -1.75. The Morgan fingerprint density at radius 3 is 2.80 bits per heavy atom. The summed E-state index contributed by atoms with van der Waals surface area (Å²) >= 11 is 0. The number of carbonyl (C=O) groups is 1. The van der Waals surface area contributed by atoms with E-state index < -0.39 is 0 Å². The quantitative estimate of drug-likeness (QED) is 0.831. The molecule has 3 N–H and O–H groups in total. The molecular formula is C15H22N2O3. The number of hydrogen-bond acceptors (Lipinski definition) is 4. The van der Waals surface area contributed by atoms with Gasteiger partial charge in [0.2, 0.25) is 5.91 Å². The minimum Gasteiger partial charge on any atom is -0.490 e. The highest BCUT2D eigenvalue weighted by molar-refractivity contribution is 5.74. The molecule has 0 saturated carbocycles. The number of primary amides is 1. The second-order valence-electron chi connectivity index (χ2n) is 4.93. The molecule has 5 nitrogen and oxygen atoms in total. The Bertz CT molecular complexity index is 462. The maximum atomic E-state index is 11.2. The van der Waals surface area contributed by atoms with E-state index in [2.05, 4.69) is 12.2 Å². The van der Waals surface area contributed by atoms with Crippen molar-refractivity contribution in [2.75, 3.05) is 19.8 Å². The lowest BCUT2D eigenvalue weighted by Gasteiger charge is -2.19. The molecule has 1 aliphatic rings. The summed E-state index contributed by atoms with van der Waals surface area (Å²) in [6.45, 7) is 4.25. The third-order valence-electron chi connectivity index (χ3n) is 3.22. The van der Waals surface area contributed by atoms with Gasteiger partial charge in [0.25, 0.3) is 0 Å². The van der Waals surface area contributed by atoms with E-state index in [-0.39, 0.29) is 18.4 Å². The second-order valence-corrected chi connectivity index (χ2v) is 4.93. The minimum absolute atomic E-state index is 0.0791.